The summed E-state index contributed by atoms with van der Waals surface area (Å²) in [5.74, 6) is 0.538. The lowest BCUT2D eigenvalue weighted by atomic mass is 9.92. The van der Waals surface area contributed by atoms with E-state index in [0.717, 1.165) is 86.6 Å². The van der Waals surface area contributed by atoms with Gasteiger partial charge in [0.25, 0.3) is 12.4 Å². The number of aromatic amines is 1. The van der Waals surface area contributed by atoms with Gasteiger partial charge in [0.2, 0.25) is 0 Å². The number of hydrogen-bond acceptors (Lipinski definition) is 5. The molecular weight excluding hydrogens is 587 g/mol. The molecule has 2 heterocycles. The fraction of sp³-hybridized carbons (Fsp3) is 0.424. The van der Waals surface area contributed by atoms with Crippen LogP contribution in [-0.4, -0.2) is 45.9 Å². The third-order valence-corrected chi connectivity index (χ3v) is 9.43. The Labute approximate surface area is 262 Å². The first kappa shape index (κ1) is 31.0. The van der Waals surface area contributed by atoms with Gasteiger partial charge in [0.15, 0.2) is 0 Å². The van der Waals surface area contributed by atoms with E-state index in [1.54, 1.807) is 0 Å². The van der Waals surface area contributed by atoms with Gasteiger partial charge in [-0.25, -0.2) is 0 Å². The van der Waals surface area contributed by atoms with Crippen LogP contribution in [-0.2, 0) is 23.0 Å². The molecule has 1 saturated carbocycles. The molecule has 0 radical (unpaired) electrons. The first-order valence-corrected chi connectivity index (χ1v) is 15.5. The first-order chi connectivity index (χ1) is 20.6. The molecule has 1 aliphatic rings. The maximum absolute atomic E-state index is 13.9. The number of aromatic nitrogens is 3. The van der Waals surface area contributed by atoms with E-state index in [9.17, 15) is 9.59 Å². The summed E-state index contributed by atoms with van der Waals surface area (Å²) < 4.78 is 13.3. The molecular formula is C33H38Cl2N4O4. The molecule has 8 nitrogen and oxygen atoms in total. The minimum absolute atomic E-state index is 0.232. The standard InChI is InChI=1S/C33H38Cl2N4O4/c1-18-15-22(16-19(2)30(18)35)42-14-8-9-23-24-12-13-25(34)29(28-20(3)38-39(5)21(28)4)31(24)37-32(23)33(41)36-26-10-6-7-11-27(26)43-17-40/h12-13,15-17,26-27,37H,6-11,14H2,1-5H3,(H,36,41)/t26-,27+/m0/s1. The number of nitrogens with zero attached hydrogens (tertiary/aromatic N) is 2. The van der Waals surface area contributed by atoms with Crippen LogP contribution in [0.15, 0.2) is 24.3 Å². The number of aryl methyl sites for hydroxylation is 5. The van der Waals surface area contributed by atoms with E-state index in [2.05, 4.69) is 15.4 Å². The summed E-state index contributed by atoms with van der Waals surface area (Å²) in [5.41, 5.74) is 7.70. The molecule has 2 N–H and O–H groups in total. The quantitative estimate of drug-likeness (QED) is 0.142. The lowest BCUT2D eigenvalue weighted by Crippen LogP contribution is -2.46. The predicted molar refractivity (Wildman–Crippen MR) is 170 cm³/mol. The SMILES string of the molecule is Cc1cc(OCCCc2c(C(=O)N[C@H]3CCCC[C@H]3OC=O)[nH]c3c(-c4c(C)nn(C)c4C)c(Cl)ccc23)cc(C)c1Cl. The van der Waals surface area contributed by atoms with E-state index in [1.807, 2.05) is 63.7 Å². The van der Waals surface area contributed by atoms with E-state index in [1.165, 1.54) is 0 Å². The monoisotopic (exact) mass is 624 g/mol. The van der Waals surface area contributed by atoms with Gasteiger partial charge in [0.1, 0.15) is 17.5 Å². The number of H-pyrrole nitrogens is 1. The van der Waals surface area contributed by atoms with Gasteiger partial charge in [0, 0.05) is 34.3 Å². The number of rotatable bonds is 10. The van der Waals surface area contributed by atoms with E-state index >= 15 is 0 Å². The van der Waals surface area contributed by atoms with Gasteiger partial charge in [0.05, 0.1) is 28.9 Å². The van der Waals surface area contributed by atoms with Crippen LogP contribution < -0.4 is 10.1 Å². The molecule has 4 aromatic rings. The van der Waals surface area contributed by atoms with Gasteiger partial charge < -0.3 is 19.8 Å². The van der Waals surface area contributed by atoms with Crippen LogP contribution in [0.1, 0.15) is 70.7 Å². The minimum atomic E-state index is -0.339. The summed E-state index contributed by atoms with van der Waals surface area (Å²) in [7, 11) is 1.91. The largest absolute Gasteiger partial charge is 0.494 e. The summed E-state index contributed by atoms with van der Waals surface area (Å²) in [6.45, 7) is 8.83. The molecule has 5 rings (SSSR count). The van der Waals surface area contributed by atoms with Crippen molar-refractivity contribution in [1.82, 2.24) is 20.1 Å². The lowest BCUT2D eigenvalue weighted by Gasteiger charge is -2.30. The molecule has 43 heavy (non-hydrogen) atoms. The minimum Gasteiger partial charge on any atom is -0.494 e. The number of hydrogen-bond donors (Lipinski definition) is 2. The number of halogens is 2. The fourth-order valence-corrected chi connectivity index (χ4v) is 6.65. The molecule has 0 bridgehead atoms. The Morgan fingerprint density at radius 3 is 2.51 bits per heavy atom. The topological polar surface area (TPSA) is 98.2 Å². The number of carbonyl (C=O) groups is 2. The highest BCUT2D eigenvalue weighted by molar-refractivity contribution is 6.35. The summed E-state index contributed by atoms with van der Waals surface area (Å²) in [6.07, 6.45) is 4.33. The van der Waals surface area contributed by atoms with E-state index in [0.29, 0.717) is 36.6 Å². The van der Waals surface area contributed by atoms with Crippen LogP contribution in [0.3, 0.4) is 0 Å². The molecule has 0 unspecified atom stereocenters. The van der Waals surface area contributed by atoms with Crippen molar-refractivity contribution >= 4 is 46.5 Å². The van der Waals surface area contributed by atoms with Crippen molar-refractivity contribution in [3.8, 4) is 16.9 Å². The fourth-order valence-electron chi connectivity index (χ4n) is 6.29. The van der Waals surface area contributed by atoms with Crippen LogP contribution in [0, 0.1) is 27.7 Å². The van der Waals surface area contributed by atoms with Crippen LogP contribution >= 0.6 is 23.2 Å². The van der Waals surface area contributed by atoms with Gasteiger partial charge in [-0.3, -0.25) is 14.3 Å². The molecule has 2 atom stereocenters. The van der Waals surface area contributed by atoms with Crippen molar-refractivity contribution in [1.29, 1.82) is 0 Å². The predicted octanol–water partition coefficient (Wildman–Crippen LogP) is 7.33. The highest BCUT2D eigenvalue weighted by Gasteiger charge is 2.30. The highest BCUT2D eigenvalue weighted by atomic mass is 35.5. The van der Waals surface area contributed by atoms with Crippen LogP contribution in [0.4, 0.5) is 0 Å². The Balaban J connectivity index is 1.50. The first-order valence-electron chi connectivity index (χ1n) is 14.7. The summed E-state index contributed by atoms with van der Waals surface area (Å²) >= 11 is 13.2. The van der Waals surface area contributed by atoms with Crippen molar-refractivity contribution < 1.29 is 19.1 Å². The summed E-state index contributed by atoms with van der Waals surface area (Å²) in [5, 5.41) is 10.0. The summed E-state index contributed by atoms with van der Waals surface area (Å²) in [4.78, 5) is 28.5. The highest BCUT2D eigenvalue weighted by Crippen LogP contribution is 2.40. The number of benzene rings is 2. The second-order valence-corrected chi connectivity index (χ2v) is 12.2. The third-order valence-electron chi connectivity index (χ3n) is 8.52. The van der Waals surface area contributed by atoms with Gasteiger partial charge in [-0.2, -0.15) is 5.10 Å². The molecule has 2 aromatic heterocycles. The Kier molecular flexibility index (Phi) is 9.37. The Hall–Kier alpha value is -3.49. The van der Waals surface area contributed by atoms with Gasteiger partial charge >= 0.3 is 0 Å². The zero-order valence-corrected chi connectivity index (χ0v) is 26.8. The number of nitrogens with one attached hydrogen (secondary N) is 2. The van der Waals surface area contributed by atoms with Crippen molar-refractivity contribution in [3.05, 3.63) is 68.1 Å². The Morgan fingerprint density at radius 2 is 1.84 bits per heavy atom. The molecule has 0 spiro atoms. The van der Waals surface area contributed by atoms with Gasteiger partial charge in [-0.15, -0.1) is 0 Å². The van der Waals surface area contributed by atoms with Crippen LogP contribution in [0.5, 0.6) is 5.75 Å². The lowest BCUT2D eigenvalue weighted by molar-refractivity contribution is -0.136. The second kappa shape index (κ2) is 13.0. The Morgan fingerprint density at radius 1 is 1.12 bits per heavy atom. The molecule has 1 aliphatic carbocycles. The van der Waals surface area contributed by atoms with E-state index in [4.69, 9.17) is 32.7 Å². The Bertz CT molecular complexity index is 1650. The summed E-state index contributed by atoms with van der Waals surface area (Å²) in [6, 6.07) is 7.48. The molecule has 0 saturated heterocycles. The van der Waals surface area contributed by atoms with Crippen molar-refractivity contribution in [3.63, 3.8) is 0 Å². The molecule has 2 aromatic carbocycles. The number of ether oxygens (including phenoxy) is 2. The van der Waals surface area contributed by atoms with Gasteiger partial charge in [-0.05, 0) is 94.7 Å². The van der Waals surface area contributed by atoms with Crippen LogP contribution in [0.2, 0.25) is 10.0 Å². The van der Waals surface area contributed by atoms with E-state index < -0.39 is 0 Å². The molecule has 1 fully saturated rings. The average Bonchev–Trinajstić information content (AvgIpc) is 3.46. The number of fused-ring (bicyclic) bond motifs is 1. The smallest absolute Gasteiger partial charge is 0.293 e. The molecule has 228 valence electrons. The molecule has 10 heteroatoms. The van der Waals surface area contributed by atoms with Gasteiger partial charge in [-0.1, -0.05) is 35.7 Å². The van der Waals surface area contributed by atoms with Crippen molar-refractivity contribution in [2.45, 2.75) is 78.4 Å². The molecule has 1 amide bonds. The van der Waals surface area contributed by atoms with Crippen molar-refractivity contribution in [2.24, 2.45) is 7.05 Å². The molecule has 0 aliphatic heterocycles. The zero-order chi connectivity index (χ0) is 30.8. The van der Waals surface area contributed by atoms with Crippen molar-refractivity contribution in [2.75, 3.05) is 6.61 Å². The van der Waals surface area contributed by atoms with Crippen LogP contribution in [0.25, 0.3) is 22.0 Å². The normalized spacial score (nSPS) is 16.8. The van der Waals surface area contributed by atoms with E-state index in [-0.39, 0.29) is 18.1 Å². The zero-order valence-electron chi connectivity index (χ0n) is 25.3. The maximum Gasteiger partial charge on any atom is 0.293 e. The maximum atomic E-state index is 13.9. The second-order valence-electron chi connectivity index (χ2n) is 11.5. The number of amides is 1. The number of carbonyl (C=O) groups excluding carboxylic acids is 2. The third kappa shape index (κ3) is 6.27. The average molecular weight is 626 g/mol.